The van der Waals surface area contributed by atoms with Crippen LogP contribution in [0.15, 0.2) is 47.3 Å². The van der Waals surface area contributed by atoms with Crippen LogP contribution in [0.3, 0.4) is 0 Å². The molecule has 0 bridgehead atoms. The van der Waals surface area contributed by atoms with Crippen molar-refractivity contribution in [2.24, 2.45) is 0 Å². The smallest absolute Gasteiger partial charge is 0.362 e. The van der Waals surface area contributed by atoms with Gasteiger partial charge in [0.15, 0.2) is 0 Å². The van der Waals surface area contributed by atoms with Gasteiger partial charge in [-0.15, -0.1) is 0 Å². The van der Waals surface area contributed by atoms with E-state index in [1.807, 2.05) is 0 Å². The highest BCUT2D eigenvalue weighted by atomic mass is 35.5. The van der Waals surface area contributed by atoms with E-state index in [1.54, 1.807) is 49.4 Å². The average molecular weight is 375 g/mol. The van der Waals surface area contributed by atoms with E-state index < -0.39 is 17.2 Å². The number of nitrogens with zero attached hydrogens (tertiary/aromatic N) is 2. The molecule has 5 nitrogen and oxygen atoms in total. The normalized spacial score (nSPS) is 10.7. The summed E-state index contributed by atoms with van der Waals surface area (Å²) in [5.74, 6) is -0.834. The summed E-state index contributed by atoms with van der Waals surface area (Å²) in [6, 6.07) is 11.8. The van der Waals surface area contributed by atoms with Crippen LogP contribution in [0.4, 0.5) is 0 Å². The van der Waals surface area contributed by atoms with Crippen molar-refractivity contribution >= 4 is 40.1 Å². The summed E-state index contributed by atoms with van der Waals surface area (Å²) >= 11 is 12.4. The third kappa shape index (κ3) is 3.48. The van der Waals surface area contributed by atoms with Crippen LogP contribution in [0.5, 0.6) is 0 Å². The summed E-state index contributed by atoms with van der Waals surface area (Å²) < 4.78 is 4.92. The molecule has 126 valence electrons. The summed E-state index contributed by atoms with van der Waals surface area (Å²) in [4.78, 5) is 32.7. The lowest BCUT2D eigenvalue weighted by Crippen LogP contribution is -2.19. The van der Waals surface area contributed by atoms with Crippen molar-refractivity contribution < 1.29 is 9.53 Å². The molecule has 7 heteroatoms. The second kappa shape index (κ2) is 7.17. The van der Waals surface area contributed by atoms with Crippen LogP contribution in [0.1, 0.15) is 17.4 Å². The fraction of sp³-hybridized carbons (Fsp3) is 0.111. The van der Waals surface area contributed by atoms with Crippen LogP contribution in [0.2, 0.25) is 10.0 Å². The molecule has 3 aromatic rings. The monoisotopic (exact) mass is 374 g/mol. The van der Waals surface area contributed by atoms with Crippen LogP contribution in [0.25, 0.3) is 22.2 Å². The maximum atomic E-state index is 12.4. The van der Waals surface area contributed by atoms with Crippen molar-refractivity contribution in [2.75, 3.05) is 6.61 Å². The zero-order chi connectivity index (χ0) is 18.0. The minimum absolute atomic E-state index is 0.116. The standard InChI is InChI=1S/C18H12Cl2N2O3/c1-2-25-18(24)16-17(23)21-14-8-7-10(19)9-12(14)15(22-16)11-5-3-4-6-13(11)20/h3-9H,2H2,1H3. The number of rotatable bonds is 3. The van der Waals surface area contributed by atoms with Gasteiger partial charge in [0.25, 0.3) is 0 Å². The largest absolute Gasteiger partial charge is 0.461 e. The molecule has 25 heavy (non-hydrogen) atoms. The van der Waals surface area contributed by atoms with E-state index in [1.165, 1.54) is 0 Å². The van der Waals surface area contributed by atoms with Crippen LogP contribution in [-0.4, -0.2) is 22.5 Å². The van der Waals surface area contributed by atoms with Crippen LogP contribution in [0, 0.1) is 0 Å². The Kier molecular flexibility index (Phi) is 4.97. The molecular weight excluding hydrogens is 363 g/mol. The average Bonchev–Trinajstić information content (AvgIpc) is 2.72. The fourth-order valence-electron chi connectivity index (χ4n) is 2.37. The highest BCUT2D eigenvalue weighted by Gasteiger charge is 2.18. The molecule has 1 aromatic heterocycles. The highest BCUT2D eigenvalue weighted by Crippen LogP contribution is 2.31. The van der Waals surface area contributed by atoms with Crippen molar-refractivity contribution in [3.63, 3.8) is 0 Å². The molecule has 0 fully saturated rings. The first-order valence-electron chi connectivity index (χ1n) is 7.45. The number of esters is 1. The maximum Gasteiger partial charge on any atom is 0.362 e. The molecule has 0 radical (unpaired) electrons. The van der Waals surface area contributed by atoms with Crippen molar-refractivity contribution in [2.45, 2.75) is 6.92 Å². The maximum absolute atomic E-state index is 12.4. The Labute approximate surface area is 153 Å². The summed E-state index contributed by atoms with van der Waals surface area (Å²) in [6.45, 7) is 1.76. The van der Waals surface area contributed by atoms with Gasteiger partial charge in [0.2, 0.25) is 5.69 Å². The first-order chi connectivity index (χ1) is 12.0. The Morgan fingerprint density at radius 1 is 1.12 bits per heavy atom. The van der Waals surface area contributed by atoms with Crippen LogP contribution in [-0.2, 0) is 4.74 Å². The molecule has 0 amide bonds. The van der Waals surface area contributed by atoms with E-state index in [0.717, 1.165) is 0 Å². The third-order valence-electron chi connectivity index (χ3n) is 3.46. The Morgan fingerprint density at radius 2 is 1.88 bits per heavy atom. The number of benzene rings is 2. The van der Waals surface area contributed by atoms with Gasteiger partial charge in [-0.1, -0.05) is 41.4 Å². The molecule has 3 rings (SSSR count). The molecule has 0 atom stereocenters. The lowest BCUT2D eigenvalue weighted by molar-refractivity contribution is 0.0517. The molecule has 0 N–H and O–H groups in total. The van der Waals surface area contributed by atoms with Crippen molar-refractivity contribution in [3.8, 4) is 11.3 Å². The molecule has 0 saturated heterocycles. The highest BCUT2D eigenvalue weighted by molar-refractivity contribution is 6.34. The molecule has 0 saturated carbocycles. The van der Waals surface area contributed by atoms with Crippen LogP contribution < -0.4 is 5.56 Å². The molecule has 1 heterocycles. The predicted octanol–water partition coefficient (Wildman–Crippen LogP) is 4.14. The number of hydrogen-bond acceptors (Lipinski definition) is 5. The summed E-state index contributed by atoms with van der Waals surface area (Å²) in [5.41, 5.74) is 0.0701. The first kappa shape index (κ1) is 17.3. The Morgan fingerprint density at radius 3 is 2.60 bits per heavy atom. The molecule has 0 aliphatic rings. The quantitative estimate of drug-likeness (QED) is 0.644. The number of halogens is 2. The Balaban J connectivity index is 2.45. The minimum atomic E-state index is -0.834. The van der Waals surface area contributed by atoms with Gasteiger partial charge >= 0.3 is 11.5 Å². The molecule has 0 unspecified atom stereocenters. The van der Waals surface area contributed by atoms with Gasteiger partial charge in [-0.25, -0.2) is 14.8 Å². The number of carbonyl (C=O) groups is 1. The number of fused-ring (bicyclic) bond motifs is 1. The summed E-state index contributed by atoms with van der Waals surface area (Å²) in [6.07, 6.45) is 0. The zero-order valence-electron chi connectivity index (χ0n) is 13.1. The van der Waals surface area contributed by atoms with Gasteiger partial charge < -0.3 is 4.74 Å². The first-order valence-corrected chi connectivity index (χ1v) is 8.20. The molecule has 2 aromatic carbocycles. The van der Waals surface area contributed by atoms with E-state index in [0.29, 0.717) is 32.2 Å². The minimum Gasteiger partial charge on any atom is -0.461 e. The SMILES string of the molecule is CCOC(=O)c1nc(-c2ccccc2Cl)c2cc(Cl)ccc2nc1=O. The number of ether oxygens (including phenoxy) is 1. The second-order valence-electron chi connectivity index (χ2n) is 5.09. The van der Waals surface area contributed by atoms with E-state index in [4.69, 9.17) is 27.9 Å². The topological polar surface area (TPSA) is 69.2 Å². The van der Waals surface area contributed by atoms with Gasteiger partial charge in [0, 0.05) is 21.0 Å². The van der Waals surface area contributed by atoms with Crippen molar-refractivity contribution in [3.05, 3.63) is 68.6 Å². The van der Waals surface area contributed by atoms with Crippen LogP contribution >= 0.6 is 23.2 Å². The third-order valence-corrected chi connectivity index (χ3v) is 4.02. The van der Waals surface area contributed by atoms with E-state index in [2.05, 4.69) is 9.97 Å². The summed E-state index contributed by atoms with van der Waals surface area (Å²) in [7, 11) is 0. The molecule has 0 spiro atoms. The molecule has 0 aliphatic carbocycles. The lowest BCUT2D eigenvalue weighted by Gasteiger charge is -2.05. The Bertz CT molecular complexity index is 1040. The Hall–Kier alpha value is -2.50. The van der Waals surface area contributed by atoms with Gasteiger partial charge in [-0.05, 0) is 31.2 Å². The second-order valence-corrected chi connectivity index (χ2v) is 5.93. The number of carbonyl (C=O) groups excluding carboxylic acids is 1. The molecular formula is C18H12Cl2N2O3. The predicted molar refractivity (Wildman–Crippen MR) is 97.2 cm³/mol. The zero-order valence-corrected chi connectivity index (χ0v) is 14.6. The number of aromatic nitrogens is 2. The van der Waals surface area contributed by atoms with E-state index >= 15 is 0 Å². The van der Waals surface area contributed by atoms with Crippen molar-refractivity contribution in [1.82, 2.24) is 9.97 Å². The molecule has 0 aliphatic heterocycles. The van der Waals surface area contributed by atoms with E-state index in [9.17, 15) is 9.59 Å². The van der Waals surface area contributed by atoms with Gasteiger partial charge in [-0.3, -0.25) is 4.79 Å². The van der Waals surface area contributed by atoms with Crippen molar-refractivity contribution in [1.29, 1.82) is 0 Å². The fourth-order valence-corrected chi connectivity index (χ4v) is 2.77. The van der Waals surface area contributed by atoms with Gasteiger partial charge in [0.1, 0.15) is 0 Å². The van der Waals surface area contributed by atoms with E-state index in [-0.39, 0.29) is 6.61 Å². The lowest BCUT2D eigenvalue weighted by atomic mass is 10.1. The number of hydrogen-bond donors (Lipinski definition) is 0. The van der Waals surface area contributed by atoms with Gasteiger partial charge in [-0.2, -0.15) is 0 Å². The summed E-state index contributed by atoms with van der Waals surface area (Å²) in [5, 5.41) is 1.37. The van der Waals surface area contributed by atoms with Gasteiger partial charge in [0.05, 0.1) is 17.8 Å².